The van der Waals surface area contributed by atoms with E-state index in [0.29, 0.717) is 0 Å². The largest absolute Gasteiger partial charge is 0.334 e. The number of aromatic nitrogens is 3. The third-order valence-electron chi connectivity index (χ3n) is 2.09. The number of H-pyrrole nitrogens is 1. The summed E-state index contributed by atoms with van der Waals surface area (Å²) >= 11 is 5.58. The first-order valence-electron chi connectivity index (χ1n) is 4.61. The summed E-state index contributed by atoms with van der Waals surface area (Å²) in [6.07, 6.45) is 2.09. The number of nitrogens with one attached hydrogen (secondary N) is 1. The average molecular weight is 269 g/mol. The van der Waals surface area contributed by atoms with Gasteiger partial charge in [0, 0.05) is 12.3 Å². The van der Waals surface area contributed by atoms with Crippen LogP contribution < -0.4 is 11.2 Å². The van der Waals surface area contributed by atoms with Gasteiger partial charge < -0.3 is 0 Å². The van der Waals surface area contributed by atoms with Gasteiger partial charge in [0.05, 0.1) is 4.92 Å². The molecule has 0 aliphatic heterocycles. The summed E-state index contributed by atoms with van der Waals surface area (Å²) in [5, 5.41) is 10.3. The Morgan fingerprint density at radius 2 is 2.11 bits per heavy atom. The summed E-state index contributed by atoms with van der Waals surface area (Å²) in [5.74, 6) is 0.115. The molecule has 8 nitrogen and oxygen atoms in total. The van der Waals surface area contributed by atoms with Gasteiger partial charge in [0.2, 0.25) is 0 Å². The minimum atomic E-state index is -0.731. The molecule has 0 saturated heterocycles. The molecular weight excluding hydrogens is 264 g/mol. The second-order valence-corrected chi connectivity index (χ2v) is 3.65. The second-order valence-electron chi connectivity index (χ2n) is 3.24. The number of rotatable bonds is 2. The van der Waals surface area contributed by atoms with Crippen molar-refractivity contribution in [2.75, 3.05) is 0 Å². The molecule has 0 radical (unpaired) electrons. The maximum Gasteiger partial charge on any atom is 0.334 e. The van der Waals surface area contributed by atoms with Crippen LogP contribution >= 0.6 is 11.6 Å². The van der Waals surface area contributed by atoms with Gasteiger partial charge in [0.1, 0.15) is 17.0 Å². The van der Waals surface area contributed by atoms with E-state index in [1.807, 2.05) is 4.98 Å². The summed E-state index contributed by atoms with van der Waals surface area (Å²) in [6.45, 7) is 0. The van der Waals surface area contributed by atoms with Crippen LogP contribution in [0.15, 0.2) is 34.1 Å². The van der Waals surface area contributed by atoms with Crippen LogP contribution in [0.1, 0.15) is 0 Å². The van der Waals surface area contributed by atoms with E-state index in [1.165, 1.54) is 12.1 Å². The molecule has 2 aromatic heterocycles. The molecule has 2 aromatic rings. The number of hydrogen-bond donors (Lipinski definition) is 1. The average Bonchev–Trinajstić information content (AvgIpc) is 2.34. The van der Waals surface area contributed by atoms with Crippen LogP contribution in [0.25, 0.3) is 5.82 Å². The fourth-order valence-electron chi connectivity index (χ4n) is 1.25. The topological polar surface area (TPSA) is 111 Å². The molecule has 0 fully saturated rings. The number of aromatic amines is 1. The summed E-state index contributed by atoms with van der Waals surface area (Å²) < 4.78 is 0.980. The van der Waals surface area contributed by atoms with Crippen molar-refractivity contribution in [3.8, 4) is 5.82 Å². The summed E-state index contributed by atoms with van der Waals surface area (Å²) in [4.78, 5) is 38.1. The Morgan fingerprint density at radius 3 is 2.67 bits per heavy atom. The number of pyridine rings is 1. The summed E-state index contributed by atoms with van der Waals surface area (Å²) in [7, 11) is 0. The molecule has 0 spiro atoms. The SMILES string of the molecule is O=c1[nH]c(=O)n(-c2ccc([N+](=O)[O-])cn2)cc1Cl. The van der Waals surface area contributed by atoms with Gasteiger partial charge in [0.15, 0.2) is 0 Å². The van der Waals surface area contributed by atoms with Gasteiger partial charge in [0.25, 0.3) is 11.2 Å². The Kier molecular flexibility index (Phi) is 2.94. The van der Waals surface area contributed by atoms with Crippen LogP contribution in [0.5, 0.6) is 0 Å². The minimum Gasteiger partial charge on any atom is -0.272 e. The molecule has 0 aliphatic carbocycles. The molecule has 1 N–H and O–H groups in total. The molecule has 0 unspecified atom stereocenters. The van der Waals surface area contributed by atoms with E-state index in [0.717, 1.165) is 17.0 Å². The normalized spacial score (nSPS) is 10.3. The van der Waals surface area contributed by atoms with Crippen LogP contribution in [0, 0.1) is 10.1 Å². The third kappa shape index (κ3) is 2.13. The minimum absolute atomic E-state index is 0.115. The zero-order valence-corrected chi connectivity index (χ0v) is 9.42. The Balaban J connectivity index is 2.56. The van der Waals surface area contributed by atoms with Gasteiger partial charge in [-0.25, -0.2) is 9.78 Å². The fourth-order valence-corrected chi connectivity index (χ4v) is 1.39. The first-order chi connectivity index (χ1) is 8.49. The van der Waals surface area contributed by atoms with Crippen molar-refractivity contribution >= 4 is 17.3 Å². The van der Waals surface area contributed by atoms with Gasteiger partial charge in [-0.2, -0.15) is 0 Å². The molecule has 0 bridgehead atoms. The Bertz CT molecular complexity index is 719. The lowest BCUT2D eigenvalue weighted by atomic mass is 10.4. The monoisotopic (exact) mass is 268 g/mol. The number of hydrogen-bond acceptors (Lipinski definition) is 5. The van der Waals surface area contributed by atoms with Crippen molar-refractivity contribution in [1.29, 1.82) is 0 Å². The lowest BCUT2D eigenvalue weighted by Crippen LogP contribution is -2.29. The molecule has 92 valence electrons. The predicted octanol–water partition coefficient (Wildman–Crippen LogP) is 0.482. The van der Waals surface area contributed by atoms with Gasteiger partial charge in [-0.1, -0.05) is 11.6 Å². The van der Waals surface area contributed by atoms with Gasteiger partial charge in [-0.3, -0.25) is 24.5 Å². The zero-order valence-electron chi connectivity index (χ0n) is 8.66. The highest BCUT2D eigenvalue weighted by Gasteiger charge is 2.09. The van der Waals surface area contributed by atoms with Crippen molar-refractivity contribution < 1.29 is 4.92 Å². The predicted molar refractivity (Wildman–Crippen MR) is 62.1 cm³/mol. The van der Waals surface area contributed by atoms with Crippen LogP contribution in [0.2, 0.25) is 5.02 Å². The lowest BCUT2D eigenvalue weighted by Gasteiger charge is -2.03. The van der Waals surface area contributed by atoms with Crippen molar-refractivity contribution in [2.24, 2.45) is 0 Å². The number of nitrogens with zero attached hydrogens (tertiary/aromatic N) is 3. The smallest absolute Gasteiger partial charge is 0.272 e. The van der Waals surface area contributed by atoms with Crippen LogP contribution in [-0.2, 0) is 0 Å². The highest BCUT2D eigenvalue weighted by atomic mass is 35.5. The van der Waals surface area contributed by atoms with Crippen molar-refractivity contribution in [3.63, 3.8) is 0 Å². The summed E-state index contributed by atoms with van der Waals surface area (Å²) in [5.41, 5.74) is -1.65. The molecule has 0 saturated carbocycles. The van der Waals surface area contributed by atoms with Crippen LogP contribution in [0.3, 0.4) is 0 Å². The number of nitro groups is 1. The standard InChI is InChI=1S/C9H5ClN4O4/c10-6-4-13(9(16)12-8(6)15)7-2-1-5(3-11-7)14(17)18/h1-4H,(H,12,15,16). The Hall–Kier alpha value is -2.48. The first kappa shape index (κ1) is 12.0. The molecule has 0 atom stereocenters. The fraction of sp³-hybridized carbons (Fsp3) is 0. The van der Waals surface area contributed by atoms with Crippen molar-refractivity contribution in [2.45, 2.75) is 0 Å². The van der Waals surface area contributed by atoms with Crippen LogP contribution in [0.4, 0.5) is 5.69 Å². The maximum atomic E-state index is 11.5. The van der Waals surface area contributed by atoms with Gasteiger partial charge >= 0.3 is 5.69 Å². The maximum absolute atomic E-state index is 11.5. The van der Waals surface area contributed by atoms with E-state index >= 15 is 0 Å². The molecular formula is C9H5ClN4O4. The molecule has 0 amide bonds. The molecule has 2 heterocycles. The highest BCUT2D eigenvalue weighted by Crippen LogP contribution is 2.11. The van der Waals surface area contributed by atoms with Crippen molar-refractivity contribution in [1.82, 2.24) is 14.5 Å². The summed E-state index contributed by atoms with van der Waals surface area (Å²) in [6, 6.07) is 2.46. The highest BCUT2D eigenvalue weighted by molar-refractivity contribution is 6.30. The second kappa shape index (κ2) is 4.41. The van der Waals surface area contributed by atoms with E-state index in [4.69, 9.17) is 11.6 Å². The molecule has 0 aliphatic rings. The molecule has 9 heteroatoms. The lowest BCUT2D eigenvalue weighted by molar-refractivity contribution is -0.385. The quantitative estimate of drug-likeness (QED) is 0.629. The third-order valence-corrected chi connectivity index (χ3v) is 2.36. The Morgan fingerprint density at radius 1 is 1.39 bits per heavy atom. The number of halogens is 1. The van der Waals surface area contributed by atoms with E-state index < -0.39 is 16.2 Å². The van der Waals surface area contributed by atoms with Crippen molar-refractivity contribution in [3.05, 3.63) is 60.5 Å². The van der Waals surface area contributed by atoms with E-state index in [9.17, 15) is 19.7 Å². The first-order valence-corrected chi connectivity index (χ1v) is 4.99. The van der Waals surface area contributed by atoms with E-state index in [2.05, 4.69) is 4.98 Å². The zero-order chi connectivity index (χ0) is 13.3. The molecule has 2 rings (SSSR count). The molecule has 0 aromatic carbocycles. The van der Waals surface area contributed by atoms with Gasteiger partial charge in [-0.15, -0.1) is 0 Å². The van der Waals surface area contributed by atoms with Crippen LogP contribution in [-0.4, -0.2) is 19.5 Å². The molecule has 18 heavy (non-hydrogen) atoms. The van der Waals surface area contributed by atoms with E-state index in [-0.39, 0.29) is 16.5 Å². The van der Waals surface area contributed by atoms with E-state index in [1.54, 1.807) is 0 Å². The van der Waals surface area contributed by atoms with Gasteiger partial charge in [-0.05, 0) is 6.07 Å². The Labute approximate surface area is 104 Å².